The lowest BCUT2D eigenvalue weighted by Crippen LogP contribution is -2.14. The fourth-order valence-electron chi connectivity index (χ4n) is 2.24. The molecule has 0 N–H and O–H groups in total. The minimum absolute atomic E-state index is 0.200. The van der Waals surface area contributed by atoms with Crippen molar-refractivity contribution >= 4 is 11.8 Å². The molecule has 0 radical (unpaired) electrons. The van der Waals surface area contributed by atoms with Crippen LogP contribution in [-0.2, 0) is 4.74 Å². The van der Waals surface area contributed by atoms with Crippen molar-refractivity contribution in [3.8, 4) is 17.2 Å². The van der Waals surface area contributed by atoms with Crippen LogP contribution in [0.3, 0.4) is 0 Å². The number of esters is 1. The average Bonchev–Trinajstić information content (AvgIpc) is 2.64. The Balaban J connectivity index is 2.12. The third kappa shape index (κ3) is 4.29. The first-order valence-corrected chi connectivity index (χ1v) is 7.57. The summed E-state index contributed by atoms with van der Waals surface area (Å²) in [5, 5.41) is 0. The van der Waals surface area contributed by atoms with Crippen molar-refractivity contribution in [1.82, 2.24) is 0 Å². The van der Waals surface area contributed by atoms with Crippen molar-refractivity contribution in [3.05, 3.63) is 53.1 Å². The van der Waals surface area contributed by atoms with Gasteiger partial charge in [-0.1, -0.05) is 29.8 Å². The van der Waals surface area contributed by atoms with Gasteiger partial charge >= 0.3 is 5.97 Å². The Morgan fingerprint density at radius 3 is 1.88 bits per heavy atom. The van der Waals surface area contributed by atoms with E-state index >= 15 is 0 Å². The molecule has 0 saturated heterocycles. The van der Waals surface area contributed by atoms with Crippen LogP contribution in [0.4, 0.5) is 0 Å². The van der Waals surface area contributed by atoms with E-state index < -0.39 is 5.97 Å². The number of ketones is 1. The predicted octanol–water partition coefficient (Wildman–Crippen LogP) is 3.06. The first-order valence-electron chi connectivity index (χ1n) is 7.57. The van der Waals surface area contributed by atoms with E-state index in [2.05, 4.69) is 0 Å². The number of rotatable bonds is 7. The Hall–Kier alpha value is -3.02. The highest BCUT2D eigenvalue weighted by Gasteiger charge is 2.19. The first kappa shape index (κ1) is 18.3. The molecule has 0 unspecified atom stereocenters. The van der Waals surface area contributed by atoms with Crippen molar-refractivity contribution in [3.63, 3.8) is 0 Å². The highest BCUT2D eigenvalue weighted by Crippen LogP contribution is 2.38. The lowest BCUT2D eigenvalue weighted by Gasteiger charge is -2.13. The zero-order valence-corrected chi connectivity index (χ0v) is 14.6. The molecule has 6 nitrogen and oxygen atoms in total. The monoisotopic (exact) mass is 344 g/mol. The highest BCUT2D eigenvalue weighted by molar-refractivity contribution is 5.99. The van der Waals surface area contributed by atoms with Gasteiger partial charge in [-0.05, 0) is 19.1 Å². The lowest BCUT2D eigenvalue weighted by atomic mass is 10.1. The third-order valence-corrected chi connectivity index (χ3v) is 3.61. The molecule has 0 aromatic heterocycles. The van der Waals surface area contributed by atoms with Crippen molar-refractivity contribution < 1.29 is 28.5 Å². The van der Waals surface area contributed by atoms with Gasteiger partial charge in [-0.3, -0.25) is 4.79 Å². The first-order chi connectivity index (χ1) is 12.0. The molecule has 6 heteroatoms. The molecule has 132 valence electrons. The van der Waals surface area contributed by atoms with Crippen LogP contribution in [0.1, 0.15) is 26.3 Å². The second-order valence-corrected chi connectivity index (χ2v) is 5.28. The molecule has 2 aromatic rings. The van der Waals surface area contributed by atoms with Crippen molar-refractivity contribution in [2.24, 2.45) is 0 Å². The molecule has 0 aliphatic rings. The average molecular weight is 344 g/mol. The number of carbonyl (C=O) groups excluding carboxylic acids is 2. The molecule has 0 atom stereocenters. The zero-order valence-electron chi connectivity index (χ0n) is 14.6. The maximum Gasteiger partial charge on any atom is 0.338 e. The summed E-state index contributed by atoms with van der Waals surface area (Å²) < 4.78 is 20.7. The summed E-state index contributed by atoms with van der Waals surface area (Å²) in [5.41, 5.74) is 1.74. The number of aryl methyl sites for hydroxylation is 1. The van der Waals surface area contributed by atoms with Crippen LogP contribution >= 0.6 is 0 Å². The lowest BCUT2D eigenvalue weighted by molar-refractivity contribution is 0.0474. The number of methoxy groups -OCH3 is 3. The Morgan fingerprint density at radius 1 is 0.840 bits per heavy atom. The van der Waals surface area contributed by atoms with Gasteiger partial charge in [0.1, 0.15) is 0 Å². The van der Waals surface area contributed by atoms with E-state index in [1.807, 2.05) is 19.1 Å². The number of benzene rings is 2. The molecule has 2 aromatic carbocycles. The smallest absolute Gasteiger partial charge is 0.338 e. The number of hydrogen-bond donors (Lipinski definition) is 0. The summed E-state index contributed by atoms with van der Waals surface area (Å²) in [6, 6.07) is 10.00. The van der Waals surface area contributed by atoms with Crippen LogP contribution in [-0.4, -0.2) is 39.7 Å². The largest absolute Gasteiger partial charge is 0.493 e. The third-order valence-electron chi connectivity index (χ3n) is 3.61. The molecular weight excluding hydrogens is 324 g/mol. The second kappa shape index (κ2) is 8.19. The zero-order chi connectivity index (χ0) is 18.4. The molecule has 0 aliphatic heterocycles. The number of carbonyl (C=O) groups is 2. The quantitative estimate of drug-likeness (QED) is 0.568. The van der Waals surface area contributed by atoms with Gasteiger partial charge in [0.15, 0.2) is 23.9 Å². The van der Waals surface area contributed by atoms with E-state index in [0.29, 0.717) is 22.8 Å². The molecule has 25 heavy (non-hydrogen) atoms. The maximum atomic E-state index is 12.2. The molecule has 2 rings (SSSR count). The van der Waals surface area contributed by atoms with E-state index in [1.165, 1.54) is 33.5 Å². The summed E-state index contributed by atoms with van der Waals surface area (Å²) in [7, 11) is 4.37. The topological polar surface area (TPSA) is 71.1 Å². The molecule has 0 amide bonds. The Kier molecular flexibility index (Phi) is 6.00. The normalized spacial score (nSPS) is 10.1. The van der Waals surface area contributed by atoms with Crippen molar-refractivity contribution in [2.45, 2.75) is 6.92 Å². The second-order valence-electron chi connectivity index (χ2n) is 5.28. The fourth-order valence-corrected chi connectivity index (χ4v) is 2.24. The summed E-state index contributed by atoms with van der Waals surface area (Å²) in [6.07, 6.45) is 0. The predicted molar refractivity (Wildman–Crippen MR) is 91.9 cm³/mol. The minimum Gasteiger partial charge on any atom is -0.493 e. The Labute approximate surface area is 146 Å². The molecule has 0 saturated carbocycles. The maximum absolute atomic E-state index is 12.2. The van der Waals surface area contributed by atoms with E-state index in [0.717, 1.165) is 5.56 Å². The standard InChI is InChI=1S/C19H20O6/c1-12-5-7-13(8-6-12)15(20)11-25-19(21)14-9-16(22-2)18(24-4)17(10-14)23-3/h5-10H,11H2,1-4H3. The van der Waals surface area contributed by atoms with Crippen LogP contribution in [0, 0.1) is 6.92 Å². The minimum atomic E-state index is -0.653. The molecule has 0 aliphatic carbocycles. The van der Waals surface area contributed by atoms with E-state index in [1.54, 1.807) is 12.1 Å². The van der Waals surface area contributed by atoms with Crippen LogP contribution in [0.2, 0.25) is 0 Å². The number of Topliss-reactive ketones (excluding diaryl/α,β-unsaturated/α-hetero) is 1. The Morgan fingerprint density at radius 2 is 1.40 bits per heavy atom. The van der Waals surface area contributed by atoms with Crippen molar-refractivity contribution in [1.29, 1.82) is 0 Å². The molecule has 0 heterocycles. The summed E-state index contributed by atoms with van der Waals surface area (Å²) in [4.78, 5) is 24.3. The fraction of sp³-hybridized carbons (Fsp3) is 0.263. The van der Waals surface area contributed by atoms with Crippen LogP contribution < -0.4 is 14.2 Å². The van der Waals surface area contributed by atoms with Crippen molar-refractivity contribution in [2.75, 3.05) is 27.9 Å². The van der Waals surface area contributed by atoms with Crippen LogP contribution in [0.25, 0.3) is 0 Å². The van der Waals surface area contributed by atoms with E-state index in [4.69, 9.17) is 18.9 Å². The van der Waals surface area contributed by atoms with Gasteiger partial charge in [0.2, 0.25) is 5.75 Å². The summed E-state index contributed by atoms with van der Waals surface area (Å²) in [5.74, 6) is 0.107. The number of hydrogen-bond acceptors (Lipinski definition) is 6. The SMILES string of the molecule is COc1cc(C(=O)OCC(=O)c2ccc(C)cc2)cc(OC)c1OC. The van der Waals surface area contributed by atoms with Gasteiger partial charge in [0, 0.05) is 5.56 Å². The van der Waals surface area contributed by atoms with Gasteiger partial charge < -0.3 is 18.9 Å². The molecular formula is C19H20O6. The molecule has 0 bridgehead atoms. The number of ether oxygens (including phenoxy) is 4. The summed E-state index contributed by atoms with van der Waals surface area (Å²) in [6.45, 7) is 1.58. The highest BCUT2D eigenvalue weighted by atomic mass is 16.5. The summed E-state index contributed by atoms with van der Waals surface area (Å²) >= 11 is 0. The van der Waals surface area contributed by atoms with Crippen LogP contribution in [0.15, 0.2) is 36.4 Å². The van der Waals surface area contributed by atoms with Gasteiger partial charge in [-0.15, -0.1) is 0 Å². The van der Waals surface area contributed by atoms with Gasteiger partial charge in [-0.25, -0.2) is 4.79 Å². The molecule has 0 fully saturated rings. The van der Waals surface area contributed by atoms with Gasteiger partial charge in [0.05, 0.1) is 26.9 Å². The van der Waals surface area contributed by atoms with E-state index in [-0.39, 0.29) is 18.0 Å². The van der Waals surface area contributed by atoms with Gasteiger partial charge in [-0.2, -0.15) is 0 Å². The van der Waals surface area contributed by atoms with Gasteiger partial charge in [0.25, 0.3) is 0 Å². The van der Waals surface area contributed by atoms with E-state index in [9.17, 15) is 9.59 Å². The molecule has 0 spiro atoms. The Bertz CT molecular complexity index is 739. The van der Waals surface area contributed by atoms with Crippen LogP contribution in [0.5, 0.6) is 17.2 Å².